The summed E-state index contributed by atoms with van der Waals surface area (Å²) in [5.41, 5.74) is 0.926. The molecule has 1 atom stereocenters. The number of fused-ring (bicyclic) bond motifs is 1. The Morgan fingerprint density at radius 3 is 2.80 bits per heavy atom. The van der Waals surface area contributed by atoms with Crippen LogP contribution in [0.2, 0.25) is 0 Å². The second-order valence-corrected chi connectivity index (χ2v) is 4.85. The van der Waals surface area contributed by atoms with Gasteiger partial charge in [-0.15, -0.1) is 0 Å². The Bertz CT molecular complexity index is 559. The van der Waals surface area contributed by atoms with Crippen molar-refractivity contribution < 1.29 is 5.11 Å². The lowest BCUT2D eigenvalue weighted by atomic mass is 10.1. The van der Waals surface area contributed by atoms with E-state index in [4.69, 9.17) is 5.11 Å². The zero-order valence-corrected chi connectivity index (χ0v) is 12.1. The van der Waals surface area contributed by atoms with Crippen molar-refractivity contribution in [2.75, 3.05) is 23.8 Å². The molecule has 1 heterocycles. The minimum Gasteiger partial charge on any atom is -0.396 e. The predicted octanol–water partition coefficient (Wildman–Crippen LogP) is 2.63. The first-order chi connectivity index (χ1) is 9.74. The number of nitrogens with one attached hydrogen (secondary N) is 2. The highest BCUT2D eigenvalue weighted by atomic mass is 16.2. The minimum atomic E-state index is 0.221. The molecule has 5 nitrogen and oxygen atoms in total. The molecule has 0 spiro atoms. The standard InChI is InChI=1S/C15H22N4O/c1-3-16-15-18-13-9-5-4-8-12(13)14(19-15)17-11(2)7-6-10-20/h4-5,8-9,11,20H,3,6-7,10H2,1-2H3,(H2,16,17,18,19). The third-order valence-electron chi connectivity index (χ3n) is 3.12. The normalized spacial score (nSPS) is 12.3. The molecule has 1 unspecified atom stereocenters. The third-order valence-corrected chi connectivity index (χ3v) is 3.12. The summed E-state index contributed by atoms with van der Waals surface area (Å²) in [7, 11) is 0. The molecule has 108 valence electrons. The molecule has 0 bridgehead atoms. The number of hydrogen-bond acceptors (Lipinski definition) is 5. The number of aliphatic hydroxyl groups is 1. The Balaban J connectivity index is 2.29. The van der Waals surface area contributed by atoms with E-state index in [-0.39, 0.29) is 12.6 Å². The Hall–Kier alpha value is -1.88. The molecule has 1 aromatic carbocycles. The second-order valence-electron chi connectivity index (χ2n) is 4.85. The van der Waals surface area contributed by atoms with Gasteiger partial charge in [-0.25, -0.2) is 4.98 Å². The predicted molar refractivity (Wildman–Crippen MR) is 83.1 cm³/mol. The summed E-state index contributed by atoms with van der Waals surface area (Å²) in [6.07, 6.45) is 1.70. The van der Waals surface area contributed by atoms with E-state index >= 15 is 0 Å². The van der Waals surface area contributed by atoms with E-state index in [0.29, 0.717) is 5.95 Å². The zero-order valence-electron chi connectivity index (χ0n) is 12.1. The fourth-order valence-corrected chi connectivity index (χ4v) is 2.13. The Kier molecular flexibility index (Phi) is 5.12. The van der Waals surface area contributed by atoms with Gasteiger partial charge in [-0.3, -0.25) is 0 Å². The van der Waals surface area contributed by atoms with Gasteiger partial charge in [0, 0.05) is 24.6 Å². The molecule has 0 aliphatic rings. The molecule has 1 aromatic heterocycles. The van der Waals surface area contributed by atoms with E-state index in [0.717, 1.165) is 36.1 Å². The molecule has 5 heteroatoms. The van der Waals surface area contributed by atoms with Gasteiger partial charge in [0.1, 0.15) is 5.82 Å². The Labute approximate surface area is 119 Å². The van der Waals surface area contributed by atoms with Crippen LogP contribution >= 0.6 is 0 Å². The lowest BCUT2D eigenvalue weighted by Gasteiger charge is -2.16. The van der Waals surface area contributed by atoms with Crippen molar-refractivity contribution in [3.8, 4) is 0 Å². The van der Waals surface area contributed by atoms with Gasteiger partial charge >= 0.3 is 0 Å². The number of aromatic nitrogens is 2. The van der Waals surface area contributed by atoms with Gasteiger partial charge < -0.3 is 15.7 Å². The molecule has 2 aromatic rings. The largest absolute Gasteiger partial charge is 0.396 e. The highest BCUT2D eigenvalue weighted by Crippen LogP contribution is 2.22. The molecule has 0 aliphatic carbocycles. The highest BCUT2D eigenvalue weighted by molar-refractivity contribution is 5.90. The van der Waals surface area contributed by atoms with E-state index < -0.39 is 0 Å². The lowest BCUT2D eigenvalue weighted by molar-refractivity contribution is 0.282. The topological polar surface area (TPSA) is 70.1 Å². The molecule has 0 radical (unpaired) electrons. The Morgan fingerprint density at radius 2 is 2.05 bits per heavy atom. The third kappa shape index (κ3) is 3.57. The van der Waals surface area contributed by atoms with Crippen molar-refractivity contribution in [2.45, 2.75) is 32.7 Å². The van der Waals surface area contributed by atoms with Crippen molar-refractivity contribution in [1.29, 1.82) is 0 Å². The number of benzene rings is 1. The van der Waals surface area contributed by atoms with Crippen LogP contribution in [0.15, 0.2) is 24.3 Å². The molecule has 0 aliphatic heterocycles. The van der Waals surface area contributed by atoms with Crippen molar-refractivity contribution in [3.63, 3.8) is 0 Å². The summed E-state index contributed by atoms with van der Waals surface area (Å²) < 4.78 is 0. The molecule has 0 saturated carbocycles. The number of hydrogen-bond donors (Lipinski definition) is 3. The number of anilines is 2. The molecule has 0 fully saturated rings. The smallest absolute Gasteiger partial charge is 0.225 e. The van der Waals surface area contributed by atoms with E-state index in [1.165, 1.54) is 0 Å². The molecule has 2 rings (SSSR count). The SMILES string of the molecule is CCNc1nc(NC(C)CCCO)c2ccccc2n1. The Morgan fingerprint density at radius 1 is 1.25 bits per heavy atom. The lowest BCUT2D eigenvalue weighted by Crippen LogP contribution is -2.17. The van der Waals surface area contributed by atoms with Crippen LogP contribution in [0.3, 0.4) is 0 Å². The van der Waals surface area contributed by atoms with E-state index in [1.807, 2.05) is 31.2 Å². The summed E-state index contributed by atoms with van der Waals surface area (Å²) in [6, 6.07) is 8.23. The van der Waals surface area contributed by atoms with Crippen molar-refractivity contribution in [1.82, 2.24) is 9.97 Å². The van der Waals surface area contributed by atoms with E-state index in [1.54, 1.807) is 0 Å². The first-order valence-electron chi connectivity index (χ1n) is 7.12. The van der Waals surface area contributed by atoms with Gasteiger partial charge in [0.05, 0.1) is 5.52 Å². The van der Waals surface area contributed by atoms with Crippen molar-refractivity contribution >= 4 is 22.7 Å². The minimum absolute atomic E-state index is 0.221. The van der Waals surface area contributed by atoms with Gasteiger partial charge in [-0.2, -0.15) is 4.98 Å². The fraction of sp³-hybridized carbons (Fsp3) is 0.467. The maximum atomic E-state index is 8.90. The fourth-order valence-electron chi connectivity index (χ4n) is 2.13. The molecule has 0 saturated heterocycles. The molecule has 3 N–H and O–H groups in total. The first kappa shape index (κ1) is 14.5. The maximum Gasteiger partial charge on any atom is 0.225 e. The number of nitrogens with zero attached hydrogens (tertiary/aromatic N) is 2. The molecular weight excluding hydrogens is 252 g/mol. The van der Waals surface area contributed by atoms with Crippen molar-refractivity contribution in [2.24, 2.45) is 0 Å². The maximum absolute atomic E-state index is 8.90. The van der Waals surface area contributed by atoms with Gasteiger partial charge in [0.15, 0.2) is 0 Å². The van der Waals surface area contributed by atoms with Crippen LogP contribution in [0.4, 0.5) is 11.8 Å². The van der Waals surface area contributed by atoms with E-state index in [9.17, 15) is 0 Å². The monoisotopic (exact) mass is 274 g/mol. The van der Waals surface area contributed by atoms with Crippen LogP contribution in [-0.4, -0.2) is 34.3 Å². The van der Waals surface area contributed by atoms with Gasteiger partial charge in [-0.05, 0) is 38.8 Å². The number of para-hydroxylation sites is 1. The van der Waals surface area contributed by atoms with Gasteiger partial charge in [0.2, 0.25) is 5.95 Å². The molecule has 0 amide bonds. The summed E-state index contributed by atoms with van der Waals surface area (Å²) in [5, 5.41) is 16.5. The quantitative estimate of drug-likeness (QED) is 0.724. The number of rotatable bonds is 7. The second kappa shape index (κ2) is 7.05. The van der Waals surface area contributed by atoms with Gasteiger partial charge in [0.25, 0.3) is 0 Å². The van der Waals surface area contributed by atoms with Crippen molar-refractivity contribution in [3.05, 3.63) is 24.3 Å². The van der Waals surface area contributed by atoms with Gasteiger partial charge in [-0.1, -0.05) is 12.1 Å². The number of aliphatic hydroxyl groups excluding tert-OH is 1. The van der Waals surface area contributed by atoms with Crippen LogP contribution in [0, 0.1) is 0 Å². The first-order valence-corrected chi connectivity index (χ1v) is 7.12. The summed E-state index contributed by atoms with van der Waals surface area (Å²) in [6.45, 7) is 5.13. The van der Waals surface area contributed by atoms with Crippen LogP contribution in [0.25, 0.3) is 10.9 Å². The zero-order chi connectivity index (χ0) is 14.4. The van der Waals surface area contributed by atoms with Crippen LogP contribution in [-0.2, 0) is 0 Å². The average molecular weight is 274 g/mol. The molecular formula is C15H22N4O. The van der Waals surface area contributed by atoms with E-state index in [2.05, 4.69) is 27.5 Å². The van der Waals surface area contributed by atoms with Crippen LogP contribution in [0.5, 0.6) is 0 Å². The summed E-state index contributed by atoms with van der Waals surface area (Å²) >= 11 is 0. The van der Waals surface area contributed by atoms with Crippen LogP contribution in [0.1, 0.15) is 26.7 Å². The van der Waals surface area contributed by atoms with Crippen LogP contribution < -0.4 is 10.6 Å². The summed E-state index contributed by atoms with van der Waals surface area (Å²) in [4.78, 5) is 9.04. The average Bonchev–Trinajstić information content (AvgIpc) is 2.45. The molecule has 20 heavy (non-hydrogen) atoms. The summed E-state index contributed by atoms with van der Waals surface area (Å²) in [5.74, 6) is 1.49. The highest BCUT2D eigenvalue weighted by Gasteiger charge is 2.09.